The van der Waals surface area contributed by atoms with Gasteiger partial charge in [-0.15, -0.1) is 0 Å². The second-order valence-electron chi connectivity index (χ2n) is 5.43. The summed E-state index contributed by atoms with van der Waals surface area (Å²) in [7, 11) is 0. The third-order valence-corrected chi connectivity index (χ3v) is 3.60. The second-order valence-corrected chi connectivity index (χ2v) is 5.43. The summed E-state index contributed by atoms with van der Waals surface area (Å²) in [5.41, 5.74) is 2.80. The van der Waals surface area contributed by atoms with Crippen LogP contribution in [0.25, 0.3) is 0 Å². The standard InChI is InChI=1S/C18H22N2O3/c1-4-15(21)17(22)20-11-14-9-6-10-19-18(14)23-16-12(2)7-5-8-13(16)3/h5-10,15,21H,4,11H2,1-3H3,(H,20,22)/t15-/m1/s1. The number of para-hydroxylation sites is 1. The molecule has 1 aromatic heterocycles. The fourth-order valence-corrected chi connectivity index (χ4v) is 2.19. The first-order chi connectivity index (χ1) is 11.0. The molecule has 0 aliphatic rings. The summed E-state index contributed by atoms with van der Waals surface area (Å²) in [6.45, 7) is 5.96. The molecule has 5 heteroatoms. The number of aliphatic hydroxyl groups excluding tert-OH is 1. The highest BCUT2D eigenvalue weighted by Crippen LogP contribution is 2.29. The van der Waals surface area contributed by atoms with Crippen molar-refractivity contribution < 1.29 is 14.6 Å². The number of nitrogens with one attached hydrogen (secondary N) is 1. The van der Waals surface area contributed by atoms with Gasteiger partial charge in [0.05, 0.1) is 0 Å². The molecule has 23 heavy (non-hydrogen) atoms. The Morgan fingerprint density at radius 1 is 1.26 bits per heavy atom. The Kier molecular flexibility index (Phi) is 5.71. The zero-order valence-electron chi connectivity index (χ0n) is 13.7. The van der Waals surface area contributed by atoms with Crippen LogP contribution >= 0.6 is 0 Å². The van der Waals surface area contributed by atoms with Gasteiger partial charge >= 0.3 is 0 Å². The SMILES string of the molecule is CC[C@@H](O)C(=O)NCc1cccnc1Oc1c(C)cccc1C. The highest BCUT2D eigenvalue weighted by molar-refractivity contribution is 5.80. The van der Waals surface area contributed by atoms with Crippen LogP contribution in [-0.4, -0.2) is 22.1 Å². The molecule has 0 aliphatic heterocycles. The lowest BCUT2D eigenvalue weighted by molar-refractivity contribution is -0.129. The van der Waals surface area contributed by atoms with Gasteiger partial charge < -0.3 is 15.2 Å². The molecule has 1 amide bonds. The van der Waals surface area contributed by atoms with Crippen molar-refractivity contribution in [3.05, 3.63) is 53.2 Å². The first-order valence-corrected chi connectivity index (χ1v) is 7.66. The minimum Gasteiger partial charge on any atom is -0.438 e. The average Bonchev–Trinajstić information content (AvgIpc) is 2.56. The maximum absolute atomic E-state index is 11.7. The molecular formula is C18H22N2O3. The van der Waals surface area contributed by atoms with Crippen molar-refractivity contribution in [3.8, 4) is 11.6 Å². The zero-order valence-corrected chi connectivity index (χ0v) is 13.7. The molecule has 0 unspecified atom stereocenters. The molecule has 0 aliphatic carbocycles. The number of aliphatic hydroxyl groups is 1. The maximum Gasteiger partial charge on any atom is 0.249 e. The number of ether oxygens (including phenoxy) is 1. The number of amides is 1. The Balaban J connectivity index is 2.16. The van der Waals surface area contributed by atoms with Crippen LogP contribution in [0.3, 0.4) is 0 Å². The molecule has 122 valence electrons. The molecule has 0 fully saturated rings. The number of carbonyl (C=O) groups excluding carboxylic acids is 1. The fraction of sp³-hybridized carbons (Fsp3) is 0.333. The Bertz CT molecular complexity index is 665. The van der Waals surface area contributed by atoms with E-state index in [4.69, 9.17) is 4.74 Å². The minimum atomic E-state index is -0.991. The highest BCUT2D eigenvalue weighted by Gasteiger charge is 2.14. The summed E-state index contributed by atoms with van der Waals surface area (Å²) in [4.78, 5) is 16.0. The molecule has 0 saturated carbocycles. The number of nitrogens with zero attached hydrogens (tertiary/aromatic N) is 1. The van der Waals surface area contributed by atoms with Gasteiger partial charge in [0.1, 0.15) is 11.9 Å². The van der Waals surface area contributed by atoms with E-state index in [1.165, 1.54) is 0 Å². The van der Waals surface area contributed by atoms with Gasteiger partial charge in [-0.1, -0.05) is 31.2 Å². The number of aryl methyl sites for hydroxylation is 2. The van der Waals surface area contributed by atoms with Gasteiger partial charge in [-0.3, -0.25) is 4.79 Å². The van der Waals surface area contributed by atoms with Crippen LogP contribution in [0.15, 0.2) is 36.5 Å². The van der Waals surface area contributed by atoms with Gasteiger partial charge in [-0.2, -0.15) is 0 Å². The van der Waals surface area contributed by atoms with E-state index < -0.39 is 12.0 Å². The minimum absolute atomic E-state index is 0.254. The highest BCUT2D eigenvalue weighted by atomic mass is 16.5. The molecule has 1 atom stereocenters. The predicted octanol–water partition coefficient (Wildman–Crippen LogP) is 2.88. The van der Waals surface area contributed by atoms with Crippen molar-refractivity contribution in [2.24, 2.45) is 0 Å². The number of benzene rings is 1. The summed E-state index contributed by atoms with van der Waals surface area (Å²) in [6.07, 6.45) is 1.04. The molecular weight excluding hydrogens is 292 g/mol. The van der Waals surface area contributed by atoms with Crippen LogP contribution in [0.4, 0.5) is 0 Å². The van der Waals surface area contributed by atoms with E-state index in [0.717, 1.165) is 22.4 Å². The van der Waals surface area contributed by atoms with Gasteiger partial charge in [0.25, 0.3) is 0 Å². The zero-order chi connectivity index (χ0) is 16.8. The van der Waals surface area contributed by atoms with Crippen LogP contribution in [-0.2, 0) is 11.3 Å². The topological polar surface area (TPSA) is 71.5 Å². The molecule has 2 N–H and O–H groups in total. The molecule has 5 nitrogen and oxygen atoms in total. The lowest BCUT2D eigenvalue weighted by Crippen LogP contribution is -2.33. The number of carbonyl (C=O) groups is 1. The van der Waals surface area contributed by atoms with Crippen LogP contribution in [0.1, 0.15) is 30.0 Å². The molecule has 0 radical (unpaired) electrons. The smallest absolute Gasteiger partial charge is 0.249 e. The fourth-order valence-electron chi connectivity index (χ4n) is 2.19. The molecule has 2 aromatic rings. The van der Waals surface area contributed by atoms with E-state index in [1.54, 1.807) is 19.2 Å². The van der Waals surface area contributed by atoms with Gasteiger partial charge in [0.2, 0.25) is 11.8 Å². The van der Waals surface area contributed by atoms with Gasteiger partial charge in [0, 0.05) is 18.3 Å². The van der Waals surface area contributed by atoms with Crippen molar-refractivity contribution in [1.82, 2.24) is 10.3 Å². The monoisotopic (exact) mass is 314 g/mol. The summed E-state index contributed by atoms with van der Waals surface area (Å²) >= 11 is 0. The van der Waals surface area contributed by atoms with Crippen molar-refractivity contribution in [1.29, 1.82) is 0 Å². The lowest BCUT2D eigenvalue weighted by Gasteiger charge is -2.14. The summed E-state index contributed by atoms with van der Waals surface area (Å²) in [6, 6.07) is 9.56. The van der Waals surface area contributed by atoms with E-state index in [-0.39, 0.29) is 6.54 Å². The summed E-state index contributed by atoms with van der Waals surface area (Å²) < 4.78 is 5.97. The van der Waals surface area contributed by atoms with Gasteiger partial charge in [0.15, 0.2) is 0 Å². The molecule has 0 spiro atoms. The first-order valence-electron chi connectivity index (χ1n) is 7.66. The number of aromatic nitrogens is 1. The molecule has 0 saturated heterocycles. The van der Waals surface area contributed by atoms with E-state index in [2.05, 4.69) is 10.3 Å². The maximum atomic E-state index is 11.7. The Morgan fingerprint density at radius 3 is 2.61 bits per heavy atom. The Hall–Kier alpha value is -2.40. The van der Waals surface area contributed by atoms with E-state index >= 15 is 0 Å². The third-order valence-electron chi connectivity index (χ3n) is 3.60. The summed E-state index contributed by atoms with van der Waals surface area (Å²) in [5, 5.41) is 12.2. The normalized spacial score (nSPS) is 11.8. The molecule has 2 rings (SSSR count). The lowest BCUT2D eigenvalue weighted by atomic mass is 10.1. The number of rotatable bonds is 6. The Labute approximate surface area is 136 Å². The molecule has 1 aromatic carbocycles. The van der Waals surface area contributed by atoms with Gasteiger partial charge in [-0.25, -0.2) is 4.98 Å². The van der Waals surface area contributed by atoms with Crippen molar-refractivity contribution in [3.63, 3.8) is 0 Å². The van der Waals surface area contributed by atoms with Crippen LogP contribution in [0, 0.1) is 13.8 Å². The number of pyridine rings is 1. The molecule has 0 bridgehead atoms. The largest absolute Gasteiger partial charge is 0.438 e. The van der Waals surface area contributed by atoms with Crippen LogP contribution < -0.4 is 10.1 Å². The molecule has 1 heterocycles. The average molecular weight is 314 g/mol. The van der Waals surface area contributed by atoms with Crippen LogP contribution in [0.2, 0.25) is 0 Å². The van der Waals surface area contributed by atoms with Gasteiger partial charge in [-0.05, 0) is 37.5 Å². The van der Waals surface area contributed by atoms with E-state index in [0.29, 0.717) is 12.3 Å². The van der Waals surface area contributed by atoms with Crippen molar-refractivity contribution >= 4 is 5.91 Å². The predicted molar refractivity (Wildman–Crippen MR) is 88.4 cm³/mol. The summed E-state index contributed by atoms with van der Waals surface area (Å²) in [5.74, 6) is 0.831. The third kappa shape index (κ3) is 4.29. The van der Waals surface area contributed by atoms with Crippen molar-refractivity contribution in [2.75, 3.05) is 0 Å². The van der Waals surface area contributed by atoms with Crippen LogP contribution in [0.5, 0.6) is 11.6 Å². The second kappa shape index (κ2) is 7.74. The number of hydrogen-bond acceptors (Lipinski definition) is 4. The number of hydrogen-bond donors (Lipinski definition) is 2. The quantitative estimate of drug-likeness (QED) is 0.860. The van der Waals surface area contributed by atoms with E-state index in [9.17, 15) is 9.90 Å². The first kappa shape index (κ1) is 17.0. The van der Waals surface area contributed by atoms with Crippen molar-refractivity contribution in [2.45, 2.75) is 39.8 Å². The van der Waals surface area contributed by atoms with E-state index in [1.807, 2.05) is 38.1 Å². The Morgan fingerprint density at radius 2 is 1.96 bits per heavy atom.